The van der Waals surface area contributed by atoms with E-state index in [2.05, 4.69) is 17.5 Å². The van der Waals surface area contributed by atoms with Crippen LogP contribution in [0.15, 0.2) is 35.4 Å². The van der Waals surface area contributed by atoms with Crippen LogP contribution in [0.2, 0.25) is 20.1 Å². The highest BCUT2D eigenvalue weighted by Gasteiger charge is 2.12. The summed E-state index contributed by atoms with van der Waals surface area (Å²) in [4.78, 5) is 1.08. The zero-order chi connectivity index (χ0) is 17.4. The molecule has 0 aliphatic carbocycles. The van der Waals surface area contributed by atoms with E-state index in [1.54, 1.807) is 23.5 Å². The van der Waals surface area contributed by atoms with Crippen LogP contribution in [0.3, 0.4) is 0 Å². The minimum Gasteiger partial charge on any atom is -0.275 e. The number of fused-ring (bicyclic) bond motifs is 1. The second-order valence-corrected chi connectivity index (χ2v) is 7.99. The fourth-order valence-corrected chi connectivity index (χ4v) is 4.59. The van der Waals surface area contributed by atoms with Gasteiger partial charge in [-0.05, 0) is 55.1 Å². The highest BCUT2D eigenvalue weighted by Crippen LogP contribution is 2.35. The number of nitrogens with zero attached hydrogens (tertiary/aromatic N) is 1. The Morgan fingerprint density at radius 3 is 2.33 bits per heavy atom. The Balaban J connectivity index is 1.96. The molecule has 1 N–H and O–H groups in total. The van der Waals surface area contributed by atoms with Crippen molar-refractivity contribution in [2.75, 3.05) is 5.43 Å². The molecule has 1 heterocycles. The second kappa shape index (κ2) is 7.11. The minimum absolute atomic E-state index is 0.420. The van der Waals surface area contributed by atoms with Crippen molar-refractivity contribution < 1.29 is 0 Å². The third-order valence-corrected chi connectivity index (χ3v) is 6.00. The maximum atomic E-state index is 6.16. The molecule has 2 aromatic carbocycles. The standard InChI is InChI=1S/C17H12Cl4N2S/c1-8-12-5-10(18)3-4-15(12)24-17(8)9(2)22-23-16-13(20)6-11(19)7-14(16)21/h3-7,23H,1-2H3/b22-9-. The number of thiophene rings is 1. The molecule has 24 heavy (non-hydrogen) atoms. The molecule has 1 aromatic heterocycles. The van der Waals surface area contributed by atoms with Gasteiger partial charge in [0.15, 0.2) is 0 Å². The highest BCUT2D eigenvalue weighted by molar-refractivity contribution is 7.21. The summed E-state index contributed by atoms with van der Waals surface area (Å²) in [5.41, 5.74) is 5.45. The van der Waals surface area contributed by atoms with E-state index in [-0.39, 0.29) is 0 Å². The molecule has 124 valence electrons. The first kappa shape index (κ1) is 17.8. The molecule has 3 aromatic rings. The van der Waals surface area contributed by atoms with Crippen LogP contribution in [0.25, 0.3) is 10.1 Å². The van der Waals surface area contributed by atoms with E-state index < -0.39 is 0 Å². The van der Waals surface area contributed by atoms with Gasteiger partial charge in [-0.3, -0.25) is 5.43 Å². The Bertz CT molecular complexity index is 940. The van der Waals surface area contributed by atoms with Crippen LogP contribution >= 0.6 is 57.7 Å². The van der Waals surface area contributed by atoms with E-state index in [9.17, 15) is 0 Å². The molecular formula is C17H12Cl4N2S. The Labute approximate surface area is 164 Å². The van der Waals surface area contributed by atoms with Gasteiger partial charge < -0.3 is 0 Å². The lowest BCUT2D eigenvalue weighted by atomic mass is 10.1. The molecule has 0 fully saturated rings. The zero-order valence-corrected chi connectivity index (χ0v) is 16.6. The average molecular weight is 418 g/mol. The van der Waals surface area contributed by atoms with Gasteiger partial charge in [0.2, 0.25) is 0 Å². The number of hydrazone groups is 1. The van der Waals surface area contributed by atoms with E-state index >= 15 is 0 Å². The topological polar surface area (TPSA) is 24.4 Å². The summed E-state index contributed by atoms with van der Waals surface area (Å²) in [6.07, 6.45) is 0. The van der Waals surface area contributed by atoms with E-state index in [4.69, 9.17) is 46.4 Å². The molecule has 0 unspecified atom stereocenters. The van der Waals surface area contributed by atoms with Gasteiger partial charge in [0.05, 0.1) is 26.3 Å². The number of rotatable bonds is 3. The van der Waals surface area contributed by atoms with Crippen molar-refractivity contribution in [3.05, 3.63) is 60.9 Å². The lowest BCUT2D eigenvalue weighted by Crippen LogP contribution is -2.00. The molecule has 0 atom stereocenters. The van der Waals surface area contributed by atoms with Crippen LogP contribution in [0.4, 0.5) is 5.69 Å². The largest absolute Gasteiger partial charge is 0.275 e. The summed E-state index contributed by atoms with van der Waals surface area (Å²) in [6.45, 7) is 4.00. The van der Waals surface area contributed by atoms with Gasteiger partial charge in [0.1, 0.15) is 0 Å². The number of benzene rings is 2. The normalized spacial score (nSPS) is 12.0. The molecule has 0 aliphatic rings. The molecule has 7 heteroatoms. The fraction of sp³-hybridized carbons (Fsp3) is 0.118. The van der Waals surface area contributed by atoms with E-state index in [1.807, 2.05) is 25.1 Å². The van der Waals surface area contributed by atoms with Crippen LogP contribution in [-0.4, -0.2) is 5.71 Å². The number of aryl methyl sites for hydroxylation is 1. The average Bonchev–Trinajstić information content (AvgIpc) is 2.83. The molecule has 2 nitrogen and oxygen atoms in total. The van der Waals surface area contributed by atoms with Gasteiger partial charge in [-0.25, -0.2) is 0 Å². The SMILES string of the molecule is C/C(=N/Nc1c(Cl)cc(Cl)cc1Cl)c1sc2ccc(Cl)cc2c1C. The molecular weight excluding hydrogens is 406 g/mol. The maximum Gasteiger partial charge on any atom is 0.0935 e. The smallest absolute Gasteiger partial charge is 0.0935 e. The first-order valence-corrected chi connectivity index (χ1v) is 9.33. The highest BCUT2D eigenvalue weighted by atomic mass is 35.5. The van der Waals surface area contributed by atoms with Gasteiger partial charge in [-0.15, -0.1) is 11.3 Å². The van der Waals surface area contributed by atoms with Crippen molar-refractivity contribution in [1.29, 1.82) is 0 Å². The lowest BCUT2D eigenvalue weighted by Gasteiger charge is -2.08. The van der Waals surface area contributed by atoms with Crippen LogP contribution in [0.1, 0.15) is 17.4 Å². The summed E-state index contributed by atoms with van der Waals surface area (Å²) in [6, 6.07) is 9.12. The van der Waals surface area contributed by atoms with Crippen LogP contribution < -0.4 is 5.43 Å². The number of halogens is 4. The minimum atomic E-state index is 0.420. The second-order valence-electron chi connectivity index (χ2n) is 5.25. The van der Waals surface area contributed by atoms with Crippen molar-refractivity contribution in [2.24, 2.45) is 5.10 Å². The number of hydrogen-bond acceptors (Lipinski definition) is 3. The Morgan fingerprint density at radius 1 is 1.00 bits per heavy atom. The quantitative estimate of drug-likeness (QED) is 0.343. The van der Waals surface area contributed by atoms with Gasteiger partial charge in [0, 0.05) is 14.7 Å². The number of nitrogens with one attached hydrogen (secondary N) is 1. The van der Waals surface area contributed by atoms with Crippen molar-refractivity contribution >= 4 is 79.2 Å². The predicted octanol–water partition coefficient (Wildman–Crippen LogP) is 7.66. The molecule has 0 radical (unpaired) electrons. The van der Waals surface area contributed by atoms with Crippen LogP contribution in [0, 0.1) is 6.92 Å². The zero-order valence-electron chi connectivity index (χ0n) is 12.8. The van der Waals surface area contributed by atoms with Gasteiger partial charge >= 0.3 is 0 Å². The maximum absolute atomic E-state index is 6.16. The molecule has 0 aliphatic heterocycles. The summed E-state index contributed by atoms with van der Waals surface area (Å²) >= 11 is 26.0. The predicted molar refractivity (Wildman–Crippen MR) is 109 cm³/mol. The van der Waals surface area contributed by atoms with Crippen molar-refractivity contribution in [1.82, 2.24) is 0 Å². The van der Waals surface area contributed by atoms with E-state index in [0.717, 1.165) is 26.6 Å². The number of anilines is 1. The molecule has 0 spiro atoms. The Morgan fingerprint density at radius 2 is 1.67 bits per heavy atom. The van der Waals surface area contributed by atoms with E-state index in [1.165, 1.54) is 4.70 Å². The third-order valence-electron chi connectivity index (χ3n) is 3.57. The van der Waals surface area contributed by atoms with Crippen LogP contribution in [0.5, 0.6) is 0 Å². The Kier molecular flexibility index (Phi) is 5.28. The molecule has 0 amide bonds. The van der Waals surface area contributed by atoms with Gasteiger partial charge in [0.25, 0.3) is 0 Å². The van der Waals surface area contributed by atoms with Crippen molar-refractivity contribution in [3.8, 4) is 0 Å². The molecule has 0 saturated carbocycles. The third kappa shape index (κ3) is 3.51. The monoisotopic (exact) mass is 416 g/mol. The summed E-state index contributed by atoms with van der Waals surface area (Å²) in [5, 5.41) is 7.61. The van der Waals surface area contributed by atoms with E-state index in [0.29, 0.717) is 20.8 Å². The van der Waals surface area contributed by atoms with Crippen molar-refractivity contribution in [2.45, 2.75) is 13.8 Å². The first-order chi connectivity index (χ1) is 11.4. The van der Waals surface area contributed by atoms with Gasteiger partial charge in [-0.1, -0.05) is 46.4 Å². The molecule has 0 saturated heterocycles. The summed E-state index contributed by atoms with van der Waals surface area (Å²) in [7, 11) is 0. The molecule has 0 bridgehead atoms. The van der Waals surface area contributed by atoms with Crippen molar-refractivity contribution in [3.63, 3.8) is 0 Å². The lowest BCUT2D eigenvalue weighted by molar-refractivity contribution is 1.32. The number of hydrogen-bond donors (Lipinski definition) is 1. The van der Waals surface area contributed by atoms with Gasteiger partial charge in [-0.2, -0.15) is 5.10 Å². The fourth-order valence-electron chi connectivity index (χ4n) is 2.38. The summed E-state index contributed by atoms with van der Waals surface area (Å²) in [5.74, 6) is 0. The first-order valence-electron chi connectivity index (χ1n) is 7.00. The summed E-state index contributed by atoms with van der Waals surface area (Å²) < 4.78 is 1.17. The molecule has 3 rings (SSSR count). The van der Waals surface area contributed by atoms with Crippen LogP contribution in [-0.2, 0) is 0 Å². The Hall–Kier alpha value is -0.970.